The molecule has 0 aliphatic heterocycles. The van der Waals surface area contributed by atoms with E-state index in [1.165, 1.54) is 11.3 Å². The van der Waals surface area contributed by atoms with Crippen LogP contribution in [0.15, 0.2) is 36.8 Å². The fraction of sp³-hybridized carbons (Fsp3) is 0.429. The molecule has 0 aliphatic carbocycles. The highest BCUT2D eigenvalue weighted by molar-refractivity contribution is 5.16. The first-order chi connectivity index (χ1) is 8.72. The molecule has 4 heteroatoms. The highest BCUT2D eigenvalue weighted by Gasteiger charge is 2.16. The molecule has 0 amide bonds. The number of rotatable bonds is 5. The van der Waals surface area contributed by atoms with E-state index in [9.17, 15) is 0 Å². The second kappa shape index (κ2) is 5.78. The van der Waals surface area contributed by atoms with Gasteiger partial charge in [-0.3, -0.25) is 9.67 Å². The van der Waals surface area contributed by atoms with Crippen molar-refractivity contribution in [2.45, 2.75) is 32.4 Å². The lowest BCUT2D eigenvalue weighted by Crippen LogP contribution is -2.23. The maximum Gasteiger partial charge on any atom is 0.0559 e. The van der Waals surface area contributed by atoms with Gasteiger partial charge in [-0.15, -0.1) is 0 Å². The minimum atomic E-state index is 0.263. The molecule has 0 saturated carbocycles. The molecule has 18 heavy (non-hydrogen) atoms. The standard InChI is InChI=1S/C14H20N4/c1-11(2)18-14(6-8-17-18)13(15-3)9-12-5-4-7-16-10-12/h4-8,10-11,13,15H,9H2,1-3H3. The first kappa shape index (κ1) is 12.8. The SMILES string of the molecule is CNC(Cc1cccnc1)c1ccnn1C(C)C. The average molecular weight is 244 g/mol. The molecule has 1 unspecified atom stereocenters. The van der Waals surface area contributed by atoms with Crippen LogP contribution in [0.4, 0.5) is 0 Å². The van der Waals surface area contributed by atoms with Gasteiger partial charge in [0.25, 0.3) is 0 Å². The summed E-state index contributed by atoms with van der Waals surface area (Å²) >= 11 is 0. The van der Waals surface area contributed by atoms with Crippen molar-refractivity contribution in [3.63, 3.8) is 0 Å². The lowest BCUT2D eigenvalue weighted by atomic mass is 10.0. The zero-order valence-corrected chi connectivity index (χ0v) is 11.2. The lowest BCUT2D eigenvalue weighted by molar-refractivity contribution is 0.459. The van der Waals surface area contributed by atoms with E-state index in [1.54, 1.807) is 6.20 Å². The van der Waals surface area contributed by atoms with Gasteiger partial charge in [0.2, 0.25) is 0 Å². The summed E-state index contributed by atoms with van der Waals surface area (Å²) in [6.45, 7) is 4.29. The Kier molecular flexibility index (Phi) is 4.10. The summed E-state index contributed by atoms with van der Waals surface area (Å²) in [6, 6.07) is 6.80. The summed E-state index contributed by atoms with van der Waals surface area (Å²) in [5.41, 5.74) is 2.45. The third kappa shape index (κ3) is 2.76. The van der Waals surface area contributed by atoms with Crippen LogP contribution in [-0.2, 0) is 6.42 Å². The molecule has 2 rings (SSSR count). The summed E-state index contributed by atoms with van der Waals surface area (Å²) in [4.78, 5) is 4.16. The molecule has 4 nitrogen and oxygen atoms in total. The van der Waals surface area contributed by atoms with Gasteiger partial charge < -0.3 is 5.32 Å². The minimum Gasteiger partial charge on any atom is -0.311 e. The van der Waals surface area contributed by atoms with Gasteiger partial charge in [0.1, 0.15) is 0 Å². The fourth-order valence-corrected chi connectivity index (χ4v) is 2.14. The summed E-state index contributed by atoms with van der Waals surface area (Å²) < 4.78 is 2.07. The van der Waals surface area contributed by atoms with Crippen molar-refractivity contribution in [3.05, 3.63) is 48.0 Å². The third-order valence-electron chi connectivity index (χ3n) is 3.06. The molecule has 0 aliphatic rings. The molecule has 96 valence electrons. The average Bonchev–Trinajstić information content (AvgIpc) is 2.86. The molecule has 2 aromatic rings. The van der Waals surface area contributed by atoms with Gasteiger partial charge in [-0.2, -0.15) is 5.10 Å². The maximum absolute atomic E-state index is 4.39. The minimum absolute atomic E-state index is 0.263. The Morgan fingerprint density at radius 3 is 2.72 bits per heavy atom. The van der Waals surface area contributed by atoms with Crippen LogP contribution in [-0.4, -0.2) is 21.8 Å². The maximum atomic E-state index is 4.39. The normalized spacial score (nSPS) is 12.9. The molecule has 0 fully saturated rings. The van der Waals surface area contributed by atoms with Gasteiger partial charge in [0, 0.05) is 24.6 Å². The van der Waals surface area contributed by atoms with Crippen molar-refractivity contribution in [2.24, 2.45) is 0 Å². The van der Waals surface area contributed by atoms with Crippen molar-refractivity contribution in [1.82, 2.24) is 20.1 Å². The quantitative estimate of drug-likeness (QED) is 0.878. The number of hydrogen-bond donors (Lipinski definition) is 1. The van der Waals surface area contributed by atoms with E-state index in [4.69, 9.17) is 0 Å². The number of aromatic nitrogens is 3. The van der Waals surface area contributed by atoms with Gasteiger partial charge in [-0.25, -0.2) is 0 Å². The van der Waals surface area contributed by atoms with Crippen LogP contribution in [0.3, 0.4) is 0 Å². The van der Waals surface area contributed by atoms with E-state index >= 15 is 0 Å². The monoisotopic (exact) mass is 244 g/mol. The lowest BCUT2D eigenvalue weighted by Gasteiger charge is -2.19. The summed E-state index contributed by atoms with van der Waals surface area (Å²) in [5.74, 6) is 0. The predicted octanol–water partition coefficient (Wildman–Crippen LogP) is 2.36. The Labute approximate surface area is 108 Å². The number of nitrogens with zero attached hydrogens (tertiary/aromatic N) is 3. The van der Waals surface area contributed by atoms with E-state index in [0.29, 0.717) is 6.04 Å². The Balaban J connectivity index is 2.21. The smallest absolute Gasteiger partial charge is 0.0559 e. The predicted molar refractivity (Wildman–Crippen MR) is 72.4 cm³/mol. The molecular formula is C14H20N4. The summed E-state index contributed by atoms with van der Waals surface area (Å²) in [5, 5.41) is 7.75. The van der Waals surface area contributed by atoms with Crippen molar-refractivity contribution in [2.75, 3.05) is 7.05 Å². The second-order valence-corrected chi connectivity index (χ2v) is 4.70. The Hall–Kier alpha value is -1.68. The molecule has 1 atom stereocenters. The number of nitrogens with one attached hydrogen (secondary N) is 1. The molecule has 1 N–H and O–H groups in total. The largest absolute Gasteiger partial charge is 0.311 e. The van der Waals surface area contributed by atoms with Crippen molar-refractivity contribution in [3.8, 4) is 0 Å². The van der Waals surface area contributed by atoms with E-state index in [-0.39, 0.29) is 6.04 Å². The highest BCUT2D eigenvalue weighted by atomic mass is 15.3. The summed E-state index contributed by atoms with van der Waals surface area (Å²) in [6.07, 6.45) is 6.50. The van der Waals surface area contributed by atoms with E-state index in [0.717, 1.165) is 6.42 Å². The Morgan fingerprint density at radius 2 is 2.11 bits per heavy atom. The van der Waals surface area contributed by atoms with Gasteiger partial charge in [0.05, 0.1) is 11.7 Å². The van der Waals surface area contributed by atoms with Gasteiger partial charge in [-0.05, 0) is 45.0 Å². The zero-order chi connectivity index (χ0) is 13.0. The van der Waals surface area contributed by atoms with Crippen LogP contribution < -0.4 is 5.32 Å². The highest BCUT2D eigenvalue weighted by Crippen LogP contribution is 2.20. The van der Waals surface area contributed by atoms with Crippen LogP contribution in [0.5, 0.6) is 0 Å². The molecule has 0 radical (unpaired) electrons. The van der Waals surface area contributed by atoms with E-state index in [1.807, 2.05) is 25.5 Å². The molecule has 0 spiro atoms. The number of likely N-dealkylation sites (N-methyl/N-ethyl adjacent to an activating group) is 1. The number of hydrogen-bond acceptors (Lipinski definition) is 3. The first-order valence-corrected chi connectivity index (χ1v) is 6.32. The molecule has 0 aromatic carbocycles. The van der Waals surface area contributed by atoms with Gasteiger partial charge in [-0.1, -0.05) is 6.07 Å². The van der Waals surface area contributed by atoms with E-state index < -0.39 is 0 Å². The van der Waals surface area contributed by atoms with Crippen molar-refractivity contribution < 1.29 is 0 Å². The van der Waals surface area contributed by atoms with Crippen molar-refractivity contribution in [1.29, 1.82) is 0 Å². The van der Waals surface area contributed by atoms with Gasteiger partial charge in [0.15, 0.2) is 0 Å². The first-order valence-electron chi connectivity index (χ1n) is 6.32. The Morgan fingerprint density at radius 1 is 1.28 bits per heavy atom. The van der Waals surface area contributed by atoms with Crippen LogP contribution >= 0.6 is 0 Å². The fourth-order valence-electron chi connectivity index (χ4n) is 2.14. The third-order valence-corrected chi connectivity index (χ3v) is 3.06. The van der Waals surface area contributed by atoms with E-state index in [2.05, 4.69) is 46.1 Å². The van der Waals surface area contributed by atoms with Crippen LogP contribution in [0.2, 0.25) is 0 Å². The second-order valence-electron chi connectivity index (χ2n) is 4.70. The molecule has 2 aromatic heterocycles. The molecule has 0 bridgehead atoms. The van der Waals surface area contributed by atoms with Crippen LogP contribution in [0.1, 0.15) is 37.2 Å². The Bertz CT molecular complexity index is 476. The molecule has 2 heterocycles. The topological polar surface area (TPSA) is 42.7 Å². The molecular weight excluding hydrogens is 224 g/mol. The van der Waals surface area contributed by atoms with Crippen LogP contribution in [0, 0.1) is 0 Å². The zero-order valence-electron chi connectivity index (χ0n) is 11.2. The van der Waals surface area contributed by atoms with Gasteiger partial charge >= 0.3 is 0 Å². The number of pyridine rings is 1. The summed E-state index contributed by atoms with van der Waals surface area (Å²) in [7, 11) is 1.98. The van der Waals surface area contributed by atoms with Crippen LogP contribution in [0.25, 0.3) is 0 Å². The van der Waals surface area contributed by atoms with Crippen molar-refractivity contribution >= 4 is 0 Å². The molecule has 0 saturated heterocycles.